The zero-order valence-corrected chi connectivity index (χ0v) is 13.0. The number of aryl methyl sites for hydroxylation is 1. The van der Waals surface area contributed by atoms with E-state index in [1.165, 1.54) is 13.0 Å². The maximum Gasteiger partial charge on any atom is 0.147 e. The van der Waals surface area contributed by atoms with Gasteiger partial charge in [0, 0.05) is 17.5 Å². The van der Waals surface area contributed by atoms with Crippen molar-refractivity contribution in [3.63, 3.8) is 0 Å². The third-order valence-electron chi connectivity index (χ3n) is 2.88. The number of rotatable bonds is 2. The second-order valence-corrected chi connectivity index (χ2v) is 6.24. The van der Waals surface area contributed by atoms with Crippen molar-refractivity contribution in [3.05, 3.63) is 46.4 Å². The third kappa shape index (κ3) is 3.67. The molecule has 21 heavy (non-hydrogen) atoms. The van der Waals surface area contributed by atoms with Crippen LogP contribution in [0.1, 0.15) is 32.2 Å². The fourth-order valence-corrected chi connectivity index (χ4v) is 1.88. The normalized spacial score (nSPS) is 11.6. The quantitative estimate of drug-likeness (QED) is 0.813. The van der Waals surface area contributed by atoms with Gasteiger partial charge in [0.15, 0.2) is 0 Å². The Morgan fingerprint density at radius 1 is 1.05 bits per heavy atom. The van der Waals surface area contributed by atoms with Gasteiger partial charge in [-0.1, -0.05) is 32.4 Å². The molecule has 112 valence electrons. The van der Waals surface area contributed by atoms with E-state index in [9.17, 15) is 8.78 Å². The highest BCUT2D eigenvalue weighted by atomic mass is 35.5. The summed E-state index contributed by atoms with van der Waals surface area (Å²) in [6, 6.07) is 3.69. The van der Waals surface area contributed by atoms with Gasteiger partial charge in [0.05, 0.1) is 5.69 Å². The van der Waals surface area contributed by atoms with Gasteiger partial charge in [-0.15, -0.1) is 0 Å². The van der Waals surface area contributed by atoms with Crippen LogP contribution in [0.5, 0.6) is 0 Å². The molecule has 0 saturated carbocycles. The number of benzene rings is 1. The van der Waals surface area contributed by atoms with E-state index in [4.69, 9.17) is 11.6 Å². The number of anilines is 2. The van der Waals surface area contributed by atoms with Gasteiger partial charge in [-0.25, -0.2) is 18.7 Å². The lowest BCUT2D eigenvalue weighted by molar-refractivity contribution is 0.546. The lowest BCUT2D eigenvalue weighted by atomic mass is 9.96. The predicted octanol–water partition coefficient (Wildman–Crippen LogP) is 4.76. The molecular weight excluding hydrogens is 296 g/mol. The summed E-state index contributed by atoms with van der Waals surface area (Å²) in [5.41, 5.74) is -0.0554. The van der Waals surface area contributed by atoms with E-state index in [1.54, 1.807) is 0 Å². The SMILES string of the molecule is Cc1cc(F)c(Nc2cc(Cl)nc(C(C)(C)C)n2)cc1F. The van der Waals surface area contributed by atoms with Crippen molar-refractivity contribution in [1.82, 2.24) is 9.97 Å². The Morgan fingerprint density at radius 3 is 2.33 bits per heavy atom. The minimum Gasteiger partial charge on any atom is -0.338 e. The molecule has 0 fully saturated rings. The van der Waals surface area contributed by atoms with Crippen LogP contribution in [0.25, 0.3) is 0 Å². The number of hydrogen-bond donors (Lipinski definition) is 1. The molecule has 6 heteroatoms. The van der Waals surface area contributed by atoms with Crippen LogP contribution in [0.4, 0.5) is 20.3 Å². The summed E-state index contributed by atoms with van der Waals surface area (Å²) >= 11 is 5.96. The molecule has 0 spiro atoms. The highest BCUT2D eigenvalue weighted by Crippen LogP contribution is 2.26. The number of halogens is 3. The van der Waals surface area contributed by atoms with Gasteiger partial charge in [-0.05, 0) is 18.6 Å². The topological polar surface area (TPSA) is 37.8 Å². The average Bonchev–Trinajstić information content (AvgIpc) is 2.34. The molecule has 2 rings (SSSR count). The summed E-state index contributed by atoms with van der Waals surface area (Å²) < 4.78 is 27.4. The molecule has 0 aliphatic heterocycles. The molecule has 0 bridgehead atoms. The Labute approximate surface area is 127 Å². The molecule has 1 N–H and O–H groups in total. The molecule has 0 unspecified atom stereocenters. The van der Waals surface area contributed by atoms with Gasteiger partial charge in [0.25, 0.3) is 0 Å². The van der Waals surface area contributed by atoms with Gasteiger partial charge in [-0.3, -0.25) is 0 Å². The van der Waals surface area contributed by atoms with E-state index in [0.29, 0.717) is 11.6 Å². The lowest BCUT2D eigenvalue weighted by Gasteiger charge is -2.18. The van der Waals surface area contributed by atoms with Gasteiger partial charge in [-0.2, -0.15) is 0 Å². The first kappa shape index (κ1) is 15.6. The predicted molar refractivity (Wildman–Crippen MR) is 80.1 cm³/mol. The number of aromatic nitrogens is 2. The maximum absolute atomic E-state index is 13.8. The van der Waals surface area contributed by atoms with Crippen LogP contribution in [0, 0.1) is 18.6 Å². The summed E-state index contributed by atoms with van der Waals surface area (Å²) in [6.07, 6.45) is 0. The molecule has 0 atom stereocenters. The molecule has 1 aromatic heterocycles. The molecule has 0 amide bonds. The highest BCUT2D eigenvalue weighted by molar-refractivity contribution is 6.29. The Bertz CT molecular complexity index is 681. The second-order valence-electron chi connectivity index (χ2n) is 5.86. The monoisotopic (exact) mass is 311 g/mol. The first-order valence-electron chi connectivity index (χ1n) is 6.44. The molecule has 1 aromatic carbocycles. The lowest BCUT2D eigenvalue weighted by Crippen LogP contribution is -2.17. The van der Waals surface area contributed by atoms with Crippen molar-refractivity contribution in [1.29, 1.82) is 0 Å². The van der Waals surface area contributed by atoms with Crippen LogP contribution in [0.3, 0.4) is 0 Å². The molecular formula is C15H16ClF2N3. The minimum absolute atomic E-state index is 0.00715. The fourth-order valence-electron chi connectivity index (χ4n) is 1.70. The van der Waals surface area contributed by atoms with Crippen molar-refractivity contribution in [2.75, 3.05) is 5.32 Å². The van der Waals surface area contributed by atoms with Gasteiger partial charge < -0.3 is 5.32 Å². The maximum atomic E-state index is 13.8. The molecule has 1 heterocycles. The van der Waals surface area contributed by atoms with Crippen molar-refractivity contribution < 1.29 is 8.78 Å². The first-order valence-corrected chi connectivity index (χ1v) is 6.82. The molecule has 2 aromatic rings. The Balaban J connectivity index is 2.40. The van der Waals surface area contributed by atoms with Crippen LogP contribution >= 0.6 is 11.6 Å². The molecule has 0 radical (unpaired) electrons. The summed E-state index contributed by atoms with van der Waals surface area (Å²) in [4.78, 5) is 8.44. The smallest absolute Gasteiger partial charge is 0.147 e. The highest BCUT2D eigenvalue weighted by Gasteiger charge is 2.19. The minimum atomic E-state index is -0.555. The Kier molecular flexibility index (Phi) is 4.14. The Hall–Kier alpha value is -1.75. The van der Waals surface area contributed by atoms with Crippen LogP contribution < -0.4 is 5.32 Å². The van der Waals surface area contributed by atoms with E-state index in [2.05, 4.69) is 15.3 Å². The summed E-state index contributed by atoms with van der Waals surface area (Å²) in [5.74, 6) is -0.205. The zero-order chi connectivity index (χ0) is 15.8. The van der Waals surface area contributed by atoms with E-state index < -0.39 is 11.6 Å². The number of nitrogens with zero attached hydrogens (tertiary/aromatic N) is 2. The van der Waals surface area contributed by atoms with Crippen LogP contribution in [0.15, 0.2) is 18.2 Å². The van der Waals surface area contributed by atoms with Crippen LogP contribution in [-0.4, -0.2) is 9.97 Å². The average molecular weight is 312 g/mol. The third-order valence-corrected chi connectivity index (χ3v) is 3.07. The van der Waals surface area contributed by atoms with Crippen molar-refractivity contribution in [2.45, 2.75) is 33.1 Å². The standard InChI is InChI=1S/C15H16ClF2N3/c1-8-5-10(18)11(6-9(8)17)19-13-7-12(16)20-14(21-13)15(2,3)4/h5-7H,1-4H3,(H,19,20,21). The van der Waals surface area contributed by atoms with Gasteiger partial charge in [0.2, 0.25) is 0 Å². The van der Waals surface area contributed by atoms with E-state index in [1.807, 2.05) is 20.8 Å². The summed E-state index contributed by atoms with van der Waals surface area (Å²) in [7, 11) is 0. The van der Waals surface area contributed by atoms with E-state index >= 15 is 0 Å². The zero-order valence-electron chi connectivity index (χ0n) is 12.3. The largest absolute Gasteiger partial charge is 0.338 e. The first-order chi connectivity index (χ1) is 9.66. The van der Waals surface area contributed by atoms with Gasteiger partial charge >= 0.3 is 0 Å². The molecule has 0 aliphatic carbocycles. The second kappa shape index (κ2) is 5.56. The fraction of sp³-hybridized carbons (Fsp3) is 0.333. The van der Waals surface area contributed by atoms with E-state index in [-0.39, 0.29) is 21.8 Å². The van der Waals surface area contributed by atoms with Crippen molar-refractivity contribution in [2.24, 2.45) is 0 Å². The molecule has 3 nitrogen and oxygen atoms in total. The van der Waals surface area contributed by atoms with Crippen LogP contribution in [0.2, 0.25) is 5.15 Å². The van der Waals surface area contributed by atoms with Crippen molar-refractivity contribution >= 4 is 23.1 Å². The number of nitrogens with one attached hydrogen (secondary N) is 1. The van der Waals surface area contributed by atoms with Crippen LogP contribution in [-0.2, 0) is 5.41 Å². The summed E-state index contributed by atoms with van der Waals surface area (Å²) in [6.45, 7) is 7.32. The van der Waals surface area contributed by atoms with Crippen molar-refractivity contribution in [3.8, 4) is 0 Å². The van der Waals surface area contributed by atoms with E-state index in [0.717, 1.165) is 12.1 Å². The molecule has 0 saturated heterocycles. The summed E-state index contributed by atoms with van der Waals surface area (Å²) in [5, 5.41) is 2.98. The number of hydrogen-bond acceptors (Lipinski definition) is 3. The van der Waals surface area contributed by atoms with Gasteiger partial charge in [0.1, 0.15) is 28.4 Å². The Morgan fingerprint density at radius 2 is 1.71 bits per heavy atom. The molecule has 0 aliphatic rings.